The molecule has 0 aliphatic carbocycles. The van der Waals surface area contributed by atoms with E-state index in [2.05, 4.69) is 9.97 Å². The first-order chi connectivity index (χ1) is 7.91. The molecule has 2 rings (SSSR count). The first kappa shape index (κ1) is 11.5. The summed E-state index contributed by atoms with van der Waals surface area (Å²) in [6, 6.07) is 0. The van der Waals surface area contributed by atoms with Gasteiger partial charge in [-0.15, -0.1) is 0 Å². The van der Waals surface area contributed by atoms with Crippen molar-refractivity contribution >= 4 is 27.2 Å². The highest BCUT2D eigenvalue weighted by atomic mass is 32.2. The van der Waals surface area contributed by atoms with E-state index in [1.165, 1.54) is 4.90 Å². The van der Waals surface area contributed by atoms with Crippen molar-refractivity contribution < 1.29 is 13.3 Å². The van der Waals surface area contributed by atoms with Crippen LogP contribution in [0, 0.1) is 10.1 Å². The van der Waals surface area contributed by atoms with E-state index in [0.717, 1.165) is 6.33 Å². The molecule has 2 heterocycles. The van der Waals surface area contributed by atoms with Crippen molar-refractivity contribution in [3.05, 3.63) is 16.4 Å². The normalized spacial score (nSPS) is 18.2. The van der Waals surface area contributed by atoms with Crippen LogP contribution in [0.3, 0.4) is 0 Å². The van der Waals surface area contributed by atoms with Crippen LogP contribution in [0.4, 0.5) is 17.3 Å². The van der Waals surface area contributed by atoms with Crippen molar-refractivity contribution in [2.45, 2.75) is 0 Å². The second-order valence-electron chi connectivity index (χ2n) is 3.53. The first-order valence-electron chi connectivity index (χ1n) is 4.61. The maximum absolute atomic E-state index is 11.3. The minimum Gasteiger partial charge on any atom is -0.378 e. The molecule has 17 heavy (non-hydrogen) atoms. The number of hydrogen-bond donors (Lipinski definition) is 1. The fourth-order valence-electron chi connectivity index (χ4n) is 1.57. The van der Waals surface area contributed by atoms with Gasteiger partial charge in [0, 0.05) is 6.54 Å². The van der Waals surface area contributed by atoms with Crippen LogP contribution in [0.5, 0.6) is 0 Å². The van der Waals surface area contributed by atoms with Gasteiger partial charge in [0.2, 0.25) is 11.6 Å². The van der Waals surface area contributed by atoms with Gasteiger partial charge in [-0.2, -0.15) is 0 Å². The molecule has 0 bridgehead atoms. The van der Waals surface area contributed by atoms with Gasteiger partial charge in [-0.3, -0.25) is 10.1 Å². The Labute approximate surface area is 96.3 Å². The Morgan fingerprint density at radius 3 is 2.71 bits per heavy atom. The Hall–Kier alpha value is -1.97. The number of nitrogen functional groups attached to an aromatic ring is 1. The third kappa shape index (κ3) is 2.11. The van der Waals surface area contributed by atoms with Crippen LogP contribution in [0.15, 0.2) is 6.33 Å². The van der Waals surface area contributed by atoms with Crippen molar-refractivity contribution in [3.8, 4) is 0 Å². The molecule has 1 aromatic heterocycles. The van der Waals surface area contributed by atoms with Gasteiger partial charge in [-0.1, -0.05) is 0 Å². The monoisotopic (exact) mass is 259 g/mol. The zero-order valence-corrected chi connectivity index (χ0v) is 9.42. The largest absolute Gasteiger partial charge is 0.378 e. The van der Waals surface area contributed by atoms with Crippen molar-refractivity contribution in [1.29, 1.82) is 0 Å². The molecular formula is C7H9N5O4S. The SMILES string of the molecule is Nc1ncnc(N2CCS(=O)(=O)C2)c1[N+](=O)[O-]. The Morgan fingerprint density at radius 1 is 1.47 bits per heavy atom. The Bertz CT molecular complexity index is 572. The van der Waals surface area contributed by atoms with E-state index in [9.17, 15) is 18.5 Å². The second-order valence-corrected chi connectivity index (χ2v) is 5.68. The molecule has 2 N–H and O–H groups in total. The van der Waals surface area contributed by atoms with Gasteiger partial charge in [0.1, 0.15) is 12.2 Å². The molecule has 1 aromatic rings. The first-order valence-corrected chi connectivity index (χ1v) is 6.43. The number of nitrogens with zero attached hydrogens (tertiary/aromatic N) is 4. The van der Waals surface area contributed by atoms with Crippen molar-refractivity contribution in [3.63, 3.8) is 0 Å². The number of rotatable bonds is 2. The lowest BCUT2D eigenvalue weighted by molar-refractivity contribution is -0.383. The van der Waals surface area contributed by atoms with Gasteiger partial charge in [-0.25, -0.2) is 18.4 Å². The van der Waals surface area contributed by atoms with Crippen LogP contribution in [0.25, 0.3) is 0 Å². The van der Waals surface area contributed by atoms with Crippen LogP contribution in [-0.2, 0) is 9.84 Å². The molecule has 10 heteroatoms. The fraction of sp³-hybridized carbons (Fsp3) is 0.429. The van der Waals surface area contributed by atoms with Gasteiger partial charge in [-0.05, 0) is 0 Å². The zero-order chi connectivity index (χ0) is 12.6. The number of hydrogen-bond acceptors (Lipinski definition) is 8. The predicted molar refractivity (Wildman–Crippen MR) is 59.1 cm³/mol. The molecule has 92 valence electrons. The predicted octanol–water partition coefficient (Wildman–Crippen LogP) is -0.841. The average Bonchev–Trinajstić information content (AvgIpc) is 2.57. The van der Waals surface area contributed by atoms with E-state index in [4.69, 9.17) is 5.73 Å². The minimum absolute atomic E-state index is 0.0476. The maximum Gasteiger partial charge on any atom is 0.353 e. The minimum atomic E-state index is -3.20. The van der Waals surface area contributed by atoms with Crippen LogP contribution < -0.4 is 10.6 Å². The molecule has 1 fully saturated rings. The maximum atomic E-state index is 11.3. The highest BCUT2D eigenvalue weighted by Crippen LogP contribution is 2.31. The number of sulfone groups is 1. The quantitative estimate of drug-likeness (QED) is 0.537. The second kappa shape index (κ2) is 3.80. The van der Waals surface area contributed by atoms with Crippen molar-refractivity contribution in [2.24, 2.45) is 0 Å². The van der Waals surface area contributed by atoms with Crippen molar-refractivity contribution in [1.82, 2.24) is 9.97 Å². The molecule has 9 nitrogen and oxygen atoms in total. The Balaban J connectivity index is 2.47. The summed E-state index contributed by atoms with van der Waals surface area (Å²) in [5.41, 5.74) is 4.93. The number of nitro groups is 1. The van der Waals surface area contributed by atoms with Gasteiger partial charge in [0.15, 0.2) is 9.84 Å². The molecule has 1 aliphatic rings. The van der Waals surface area contributed by atoms with E-state index in [1.807, 2.05) is 0 Å². The van der Waals surface area contributed by atoms with Crippen molar-refractivity contribution in [2.75, 3.05) is 28.8 Å². The molecule has 0 saturated carbocycles. The van der Waals surface area contributed by atoms with E-state index >= 15 is 0 Å². The van der Waals surface area contributed by atoms with E-state index in [1.54, 1.807) is 0 Å². The third-order valence-electron chi connectivity index (χ3n) is 2.34. The molecule has 1 saturated heterocycles. The fourth-order valence-corrected chi connectivity index (χ4v) is 2.93. The number of anilines is 2. The Morgan fingerprint density at radius 2 is 2.18 bits per heavy atom. The molecular weight excluding hydrogens is 250 g/mol. The third-order valence-corrected chi connectivity index (χ3v) is 3.85. The van der Waals surface area contributed by atoms with Crippen LogP contribution in [0.2, 0.25) is 0 Å². The summed E-state index contributed by atoms with van der Waals surface area (Å²) in [4.78, 5) is 18.7. The summed E-state index contributed by atoms with van der Waals surface area (Å²) < 4.78 is 22.6. The molecule has 0 atom stereocenters. The van der Waals surface area contributed by atoms with E-state index in [0.29, 0.717) is 0 Å². The van der Waals surface area contributed by atoms with Crippen LogP contribution in [-0.4, -0.2) is 41.5 Å². The van der Waals surface area contributed by atoms with E-state index in [-0.39, 0.29) is 29.8 Å². The highest BCUT2D eigenvalue weighted by molar-refractivity contribution is 7.91. The molecule has 0 aromatic carbocycles. The zero-order valence-electron chi connectivity index (χ0n) is 8.61. The highest BCUT2D eigenvalue weighted by Gasteiger charge is 2.33. The topological polar surface area (TPSA) is 132 Å². The van der Waals surface area contributed by atoms with E-state index < -0.39 is 20.4 Å². The number of nitrogens with two attached hydrogens (primary N) is 1. The van der Waals surface area contributed by atoms with Gasteiger partial charge < -0.3 is 10.6 Å². The number of aromatic nitrogens is 2. The lowest BCUT2D eigenvalue weighted by atomic mass is 10.4. The molecule has 0 unspecified atom stereocenters. The van der Waals surface area contributed by atoms with Gasteiger partial charge >= 0.3 is 5.69 Å². The molecule has 0 radical (unpaired) electrons. The Kier molecular flexibility index (Phi) is 2.58. The van der Waals surface area contributed by atoms with Gasteiger partial charge in [0.25, 0.3) is 0 Å². The smallest absolute Gasteiger partial charge is 0.353 e. The van der Waals surface area contributed by atoms with Gasteiger partial charge in [0.05, 0.1) is 10.7 Å². The van der Waals surface area contributed by atoms with Crippen LogP contribution in [0.1, 0.15) is 0 Å². The summed E-state index contributed by atoms with van der Waals surface area (Å²) in [5.74, 6) is -0.661. The standard InChI is InChI=1S/C7H9N5O4S/c8-6-5(12(13)14)7(10-3-9-6)11-1-2-17(15,16)4-11/h3H,1-2,4H2,(H2,8,9,10). The van der Waals surface area contributed by atoms with Crippen LogP contribution >= 0.6 is 0 Å². The molecule has 1 aliphatic heterocycles. The summed E-state index contributed by atoms with van der Waals surface area (Å²) in [6.07, 6.45) is 1.07. The summed E-state index contributed by atoms with van der Waals surface area (Å²) >= 11 is 0. The summed E-state index contributed by atoms with van der Waals surface area (Å²) in [5, 5.41) is 10.8. The summed E-state index contributed by atoms with van der Waals surface area (Å²) in [7, 11) is -3.20. The average molecular weight is 259 g/mol. The molecule has 0 spiro atoms. The molecule has 0 amide bonds. The summed E-state index contributed by atoms with van der Waals surface area (Å²) in [6.45, 7) is 0.166. The lowest BCUT2D eigenvalue weighted by Gasteiger charge is -2.14. The lowest BCUT2D eigenvalue weighted by Crippen LogP contribution is -2.22.